The van der Waals surface area contributed by atoms with Crippen molar-refractivity contribution < 1.29 is 42.9 Å². The van der Waals surface area contributed by atoms with Crippen LogP contribution in [0.4, 0.5) is 5.69 Å². The van der Waals surface area contributed by atoms with Gasteiger partial charge in [-0.15, -0.1) is 0 Å². The second-order valence-corrected chi connectivity index (χ2v) is 12.7. The monoisotopic (exact) mass is 683 g/mol. The second-order valence-electron chi connectivity index (χ2n) is 12.7. The van der Waals surface area contributed by atoms with Gasteiger partial charge in [0.25, 0.3) is 17.7 Å². The van der Waals surface area contributed by atoms with Crippen molar-refractivity contribution in [1.29, 1.82) is 0 Å². The van der Waals surface area contributed by atoms with Crippen LogP contribution in [-0.2, 0) is 39.7 Å². The minimum absolute atomic E-state index is 0.114. The molecule has 0 unspecified atom stereocenters. The van der Waals surface area contributed by atoms with Crippen molar-refractivity contribution >= 4 is 29.2 Å². The lowest BCUT2D eigenvalue weighted by Crippen LogP contribution is -2.31. The number of hydrogen-bond acceptors (Lipinski definition) is 11. The largest absolute Gasteiger partial charge is 0.384 e. The summed E-state index contributed by atoms with van der Waals surface area (Å²) in [4.78, 5) is 49.1. The molecule has 1 aromatic carbocycles. The predicted molar refractivity (Wildman–Crippen MR) is 181 cm³/mol. The number of carbonyl (C=O) groups is 4. The van der Waals surface area contributed by atoms with Crippen LogP contribution in [-0.4, -0.2) is 117 Å². The number of imide groups is 1. The van der Waals surface area contributed by atoms with E-state index in [9.17, 15) is 19.2 Å². The third-order valence-corrected chi connectivity index (χ3v) is 8.07. The lowest BCUT2D eigenvalue weighted by molar-refractivity contribution is -0.137. The summed E-state index contributed by atoms with van der Waals surface area (Å²) in [6, 6.07) is 5.34. The number of Topliss-reactive ketones (excluding diaryl/α,β-unsaturated/α-hetero) is 1. The molecule has 2 aromatic rings. The Hall–Kier alpha value is -3.95. The van der Waals surface area contributed by atoms with E-state index in [4.69, 9.17) is 29.4 Å². The van der Waals surface area contributed by atoms with Gasteiger partial charge in [0, 0.05) is 50.6 Å². The maximum atomic E-state index is 12.8. The summed E-state index contributed by atoms with van der Waals surface area (Å²) >= 11 is 0. The van der Waals surface area contributed by atoms with Gasteiger partial charge in [0.05, 0.1) is 81.1 Å². The molecule has 49 heavy (non-hydrogen) atoms. The van der Waals surface area contributed by atoms with E-state index in [0.29, 0.717) is 121 Å². The van der Waals surface area contributed by atoms with Gasteiger partial charge in [0.2, 0.25) is 0 Å². The van der Waals surface area contributed by atoms with Gasteiger partial charge in [-0.2, -0.15) is 5.10 Å². The Morgan fingerprint density at radius 2 is 1.39 bits per heavy atom. The first-order valence-corrected chi connectivity index (χ1v) is 16.8. The van der Waals surface area contributed by atoms with Crippen LogP contribution in [0.2, 0.25) is 0 Å². The smallest absolute Gasteiger partial charge is 0.253 e. The van der Waals surface area contributed by atoms with Crippen molar-refractivity contribution in [3.05, 3.63) is 52.9 Å². The first kappa shape index (κ1) is 37.9. The maximum Gasteiger partial charge on any atom is 0.253 e. The average molecular weight is 684 g/mol. The van der Waals surface area contributed by atoms with Crippen molar-refractivity contribution in [1.82, 2.24) is 14.7 Å². The van der Waals surface area contributed by atoms with E-state index < -0.39 is 5.91 Å². The van der Waals surface area contributed by atoms with Gasteiger partial charge < -0.3 is 34.7 Å². The number of aromatic nitrogens is 2. The topological polar surface area (TPSA) is 174 Å². The second kappa shape index (κ2) is 18.7. The van der Waals surface area contributed by atoms with E-state index in [1.807, 2.05) is 17.7 Å². The number of nitrogens with zero attached hydrogens (tertiary/aromatic N) is 3. The van der Waals surface area contributed by atoms with Crippen molar-refractivity contribution in [3.63, 3.8) is 0 Å². The van der Waals surface area contributed by atoms with Crippen LogP contribution in [0.5, 0.6) is 0 Å². The molecule has 0 atom stereocenters. The Labute approximate surface area is 287 Å². The van der Waals surface area contributed by atoms with Gasteiger partial charge in [-0.3, -0.25) is 24.1 Å². The van der Waals surface area contributed by atoms with Gasteiger partial charge in [-0.25, -0.2) is 4.68 Å². The van der Waals surface area contributed by atoms with Gasteiger partial charge >= 0.3 is 0 Å². The molecule has 2 heterocycles. The number of nitrogens with one attached hydrogen (secondary N) is 1. The number of primary amides is 1. The number of anilines is 1. The summed E-state index contributed by atoms with van der Waals surface area (Å²) in [5.41, 5.74) is 9.55. The first-order valence-electron chi connectivity index (χ1n) is 16.8. The number of aryl methyl sites for hydroxylation is 1. The number of benzene rings is 1. The zero-order valence-corrected chi connectivity index (χ0v) is 28.8. The summed E-state index contributed by atoms with van der Waals surface area (Å²) in [7, 11) is 0. The normalized spacial score (nSPS) is 15.3. The van der Waals surface area contributed by atoms with E-state index >= 15 is 0 Å². The highest BCUT2D eigenvalue weighted by Crippen LogP contribution is 2.37. The minimum Gasteiger partial charge on any atom is -0.384 e. The van der Waals surface area contributed by atoms with Crippen LogP contribution in [0.15, 0.2) is 30.4 Å². The number of ketones is 1. The van der Waals surface area contributed by atoms with Crippen molar-refractivity contribution in [2.24, 2.45) is 11.1 Å². The number of fused-ring (bicyclic) bond motifs is 1. The molecular formula is C35H49N5O9. The molecule has 1 aliphatic heterocycles. The molecule has 2 aliphatic rings. The average Bonchev–Trinajstić information content (AvgIpc) is 3.55. The van der Waals surface area contributed by atoms with E-state index in [1.165, 1.54) is 17.1 Å². The zero-order valence-electron chi connectivity index (χ0n) is 28.8. The highest BCUT2D eigenvalue weighted by atomic mass is 16.6. The molecule has 0 radical (unpaired) electrons. The summed E-state index contributed by atoms with van der Waals surface area (Å²) in [6.45, 7) is 11.4. The van der Waals surface area contributed by atoms with E-state index in [-0.39, 0.29) is 23.0 Å². The van der Waals surface area contributed by atoms with Crippen LogP contribution < -0.4 is 11.1 Å². The number of carbonyl (C=O) groups excluding carboxylic acids is 4. The number of amides is 3. The maximum absolute atomic E-state index is 12.8. The van der Waals surface area contributed by atoms with Crippen molar-refractivity contribution in [2.75, 3.05) is 84.5 Å². The number of rotatable bonds is 23. The number of hydrogen-bond donors (Lipinski definition) is 2. The number of nitrogens with two attached hydrogens (primary N) is 1. The molecule has 0 spiro atoms. The third kappa shape index (κ3) is 11.3. The molecular weight excluding hydrogens is 634 g/mol. The summed E-state index contributed by atoms with van der Waals surface area (Å²) in [5.74, 6) is -0.972. The number of ether oxygens (including phenoxy) is 5. The SMILES string of the molecule is Cc1nn(-c2ccc(C(N)=O)c(NCCCOCCOCCOCCOCCOCCCN3C(=O)C=CC3=O)c2)c2c1C(=O)CC(C)(C)C2. The lowest BCUT2D eigenvalue weighted by Gasteiger charge is -2.29. The molecule has 4 rings (SSSR count). The van der Waals surface area contributed by atoms with Crippen LogP contribution >= 0.6 is 0 Å². The predicted octanol–water partition coefficient (Wildman–Crippen LogP) is 2.63. The molecule has 0 bridgehead atoms. The van der Waals surface area contributed by atoms with Crippen LogP contribution in [0.3, 0.4) is 0 Å². The fourth-order valence-corrected chi connectivity index (χ4v) is 5.73. The van der Waals surface area contributed by atoms with E-state index in [0.717, 1.165) is 17.8 Å². The minimum atomic E-state index is -0.529. The Kier molecular flexibility index (Phi) is 14.5. The third-order valence-electron chi connectivity index (χ3n) is 8.07. The molecule has 14 nitrogen and oxygen atoms in total. The summed E-state index contributed by atoms with van der Waals surface area (Å²) in [6.07, 6.45) is 5.06. The fourth-order valence-electron chi connectivity index (χ4n) is 5.73. The highest BCUT2D eigenvalue weighted by Gasteiger charge is 2.35. The van der Waals surface area contributed by atoms with Gasteiger partial charge in [-0.1, -0.05) is 13.8 Å². The molecule has 268 valence electrons. The summed E-state index contributed by atoms with van der Waals surface area (Å²) < 4.78 is 29.4. The van der Waals surface area contributed by atoms with Gasteiger partial charge in [-0.05, 0) is 49.8 Å². The fraction of sp³-hybridized carbons (Fsp3) is 0.571. The molecule has 3 amide bonds. The van der Waals surface area contributed by atoms with Crippen molar-refractivity contribution in [3.8, 4) is 5.69 Å². The van der Waals surface area contributed by atoms with Crippen LogP contribution in [0.25, 0.3) is 5.69 Å². The molecule has 0 saturated heterocycles. The molecule has 14 heteroatoms. The van der Waals surface area contributed by atoms with Crippen LogP contribution in [0, 0.1) is 12.3 Å². The molecule has 3 N–H and O–H groups in total. The molecule has 0 saturated carbocycles. The molecule has 1 aliphatic carbocycles. The Balaban J connectivity index is 1.01. The van der Waals surface area contributed by atoms with E-state index in [1.54, 1.807) is 12.1 Å². The molecule has 0 fully saturated rings. The zero-order chi connectivity index (χ0) is 35.2. The highest BCUT2D eigenvalue weighted by molar-refractivity contribution is 6.12. The Morgan fingerprint density at radius 3 is 1.96 bits per heavy atom. The van der Waals surface area contributed by atoms with Gasteiger partial charge in [0.15, 0.2) is 5.78 Å². The lowest BCUT2D eigenvalue weighted by atomic mass is 9.75. The first-order chi connectivity index (χ1) is 23.6. The summed E-state index contributed by atoms with van der Waals surface area (Å²) in [5, 5.41) is 7.99. The Morgan fingerprint density at radius 1 is 0.837 bits per heavy atom. The van der Waals surface area contributed by atoms with Crippen LogP contribution in [0.1, 0.15) is 65.2 Å². The quantitative estimate of drug-likeness (QED) is 0.130. The van der Waals surface area contributed by atoms with E-state index in [2.05, 4.69) is 24.3 Å². The Bertz CT molecular complexity index is 1470. The standard InChI is InChI=1S/C35H49N5O9/c1-25-33-29(23-35(2,3)24-30(33)41)40(38-25)26-6-7-27(34(36)44)28(22-26)37-10-4-12-45-14-16-47-18-20-49-21-19-48-17-15-46-13-5-11-39-31(42)8-9-32(39)43/h6-9,22,37H,4-5,10-21,23-24H2,1-3H3,(H2,36,44). The van der Waals surface area contributed by atoms with Gasteiger partial charge in [0.1, 0.15) is 0 Å². The molecule has 1 aromatic heterocycles. The van der Waals surface area contributed by atoms with Crippen molar-refractivity contribution in [2.45, 2.75) is 46.5 Å².